The summed E-state index contributed by atoms with van der Waals surface area (Å²) in [6.07, 6.45) is 6.37. The second-order valence-electron chi connectivity index (χ2n) is 4.82. The van der Waals surface area contributed by atoms with Crippen LogP contribution in [0.1, 0.15) is 11.4 Å². The summed E-state index contributed by atoms with van der Waals surface area (Å²) in [7, 11) is 1.51. The number of amides is 1. The first-order valence-corrected chi connectivity index (χ1v) is 7.50. The van der Waals surface area contributed by atoms with Crippen LogP contribution in [-0.2, 0) is 11.3 Å². The molecule has 1 amide bonds. The van der Waals surface area contributed by atoms with Gasteiger partial charge in [-0.1, -0.05) is 29.8 Å². The van der Waals surface area contributed by atoms with E-state index in [1.54, 1.807) is 28.9 Å². The number of carbonyl (C=O) groups excluding carboxylic acids is 1. The van der Waals surface area contributed by atoms with Crippen molar-refractivity contribution in [1.82, 2.24) is 24.9 Å². The molecular weight excluding hydrogens is 330 g/mol. The lowest BCUT2D eigenvalue weighted by Crippen LogP contribution is -2.21. The number of rotatable bonds is 5. The van der Waals surface area contributed by atoms with Gasteiger partial charge >= 0.3 is 0 Å². The van der Waals surface area contributed by atoms with Crippen LogP contribution in [0.2, 0.25) is 5.02 Å². The molecule has 1 N–H and O–H groups in total. The Balaban J connectivity index is 1.68. The summed E-state index contributed by atoms with van der Waals surface area (Å²) in [5, 5.41) is 11.4. The summed E-state index contributed by atoms with van der Waals surface area (Å²) < 4.78 is 6.83. The van der Waals surface area contributed by atoms with Gasteiger partial charge in [0.1, 0.15) is 0 Å². The number of hydrogen-bond donors (Lipinski definition) is 1. The minimum atomic E-state index is -0.257. The van der Waals surface area contributed by atoms with Crippen molar-refractivity contribution in [1.29, 1.82) is 0 Å². The summed E-state index contributed by atoms with van der Waals surface area (Å²) >= 11 is 6.04. The molecule has 0 aliphatic heterocycles. The molecule has 24 heavy (non-hydrogen) atoms. The number of carbonyl (C=O) groups is 1. The van der Waals surface area contributed by atoms with Crippen LogP contribution in [-0.4, -0.2) is 32.6 Å². The molecular formula is C16H14ClN5O2. The van der Waals surface area contributed by atoms with Crippen LogP contribution in [0.5, 0.6) is 5.88 Å². The molecule has 7 nitrogen and oxygen atoms in total. The van der Waals surface area contributed by atoms with E-state index in [1.807, 2.05) is 18.2 Å². The number of hydrogen-bond acceptors (Lipinski definition) is 5. The quantitative estimate of drug-likeness (QED) is 0.718. The third-order valence-corrected chi connectivity index (χ3v) is 3.64. The molecule has 0 atom stereocenters. The number of benzene rings is 1. The lowest BCUT2D eigenvalue weighted by Gasteiger charge is -2.03. The molecule has 0 unspecified atom stereocenters. The van der Waals surface area contributed by atoms with Crippen LogP contribution in [0.15, 0.2) is 42.7 Å². The zero-order chi connectivity index (χ0) is 16.9. The fraction of sp³-hybridized carbons (Fsp3) is 0.125. The Morgan fingerprint density at radius 2 is 2.21 bits per heavy atom. The summed E-state index contributed by atoms with van der Waals surface area (Å²) in [6, 6.07) is 7.28. The standard InChI is InChI=1S/C16H14ClN5O2/c1-24-16-15-21-20-13(22(15)9-8-18-16)10-19-14(23)7-6-11-4-2-3-5-12(11)17/h2-9H,10H2,1H3,(H,19,23). The van der Waals surface area contributed by atoms with Crippen LogP contribution < -0.4 is 10.1 Å². The number of fused-ring (bicyclic) bond motifs is 1. The molecule has 3 aromatic rings. The number of nitrogens with zero attached hydrogens (tertiary/aromatic N) is 4. The minimum Gasteiger partial charge on any atom is -0.478 e. The van der Waals surface area contributed by atoms with Crippen molar-refractivity contribution in [3.63, 3.8) is 0 Å². The molecule has 0 bridgehead atoms. The maximum atomic E-state index is 11.9. The van der Waals surface area contributed by atoms with Gasteiger partial charge in [-0.2, -0.15) is 0 Å². The van der Waals surface area contributed by atoms with E-state index in [9.17, 15) is 4.79 Å². The first kappa shape index (κ1) is 15.9. The van der Waals surface area contributed by atoms with Gasteiger partial charge in [-0.25, -0.2) is 4.98 Å². The molecule has 2 heterocycles. The molecule has 0 saturated carbocycles. The number of halogens is 1. The second-order valence-corrected chi connectivity index (χ2v) is 5.23. The molecule has 8 heteroatoms. The minimum absolute atomic E-state index is 0.222. The molecule has 1 aromatic carbocycles. The van der Waals surface area contributed by atoms with Crippen LogP contribution in [0.25, 0.3) is 11.7 Å². The summed E-state index contributed by atoms with van der Waals surface area (Å²) in [4.78, 5) is 16.0. The number of aromatic nitrogens is 4. The maximum Gasteiger partial charge on any atom is 0.260 e. The smallest absolute Gasteiger partial charge is 0.260 e. The van der Waals surface area contributed by atoms with Crippen LogP contribution in [0.4, 0.5) is 0 Å². The highest BCUT2D eigenvalue weighted by molar-refractivity contribution is 6.32. The third-order valence-electron chi connectivity index (χ3n) is 3.30. The van der Waals surface area contributed by atoms with Gasteiger partial charge in [-0.15, -0.1) is 10.2 Å². The Bertz CT molecular complexity index is 906. The highest BCUT2D eigenvalue weighted by Gasteiger charge is 2.10. The number of methoxy groups -OCH3 is 1. The SMILES string of the molecule is COc1nccn2c(CNC(=O)C=Cc3ccccc3Cl)nnc12. The van der Waals surface area contributed by atoms with E-state index in [1.165, 1.54) is 13.2 Å². The summed E-state index contributed by atoms with van der Waals surface area (Å²) in [5.74, 6) is 0.694. The molecule has 0 fully saturated rings. The van der Waals surface area contributed by atoms with Gasteiger partial charge in [-0.05, 0) is 17.7 Å². The first-order chi connectivity index (χ1) is 11.7. The topological polar surface area (TPSA) is 81.4 Å². The first-order valence-electron chi connectivity index (χ1n) is 7.12. The summed E-state index contributed by atoms with van der Waals surface area (Å²) in [6.45, 7) is 0.222. The maximum absolute atomic E-state index is 11.9. The lowest BCUT2D eigenvalue weighted by molar-refractivity contribution is -0.116. The largest absolute Gasteiger partial charge is 0.478 e. The van der Waals surface area contributed by atoms with Crippen molar-refractivity contribution in [2.75, 3.05) is 7.11 Å². The van der Waals surface area contributed by atoms with E-state index < -0.39 is 0 Å². The molecule has 0 spiro atoms. The van der Waals surface area contributed by atoms with E-state index >= 15 is 0 Å². The highest BCUT2D eigenvalue weighted by Crippen LogP contribution is 2.16. The second kappa shape index (κ2) is 7.10. The van der Waals surface area contributed by atoms with Gasteiger partial charge in [0.15, 0.2) is 5.82 Å². The zero-order valence-electron chi connectivity index (χ0n) is 12.8. The average molecular weight is 344 g/mol. The van der Waals surface area contributed by atoms with Crippen molar-refractivity contribution in [2.24, 2.45) is 0 Å². The molecule has 2 aromatic heterocycles. The number of nitrogens with one attached hydrogen (secondary N) is 1. The Kier molecular flexibility index (Phi) is 4.72. The molecule has 0 aliphatic rings. The van der Waals surface area contributed by atoms with Gasteiger partial charge in [0, 0.05) is 23.5 Å². The zero-order valence-corrected chi connectivity index (χ0v) is 13.6. The summed E-state index contributed by atoms with van der Waals surface area (Å²) in [5.41, 5.74) is 1.27. The molecule has 0 aliphatic carbocycles. The van der Waals surface area contributed by atoms with E-state index in [-0.39, 0.29) is 12.5 Å². The van der Waals surface area contributed by atoms with Crippen LogP contribution in [0.3, 0.4) is 0 Å². The van der Waals surface area contributed by atoms with E-state index in [0.29, 0.717) is 22.4 Å². The van der Waals surface area contributed by atoms with Crippen molar-refractivity contribution in [3.05, 3.63) is 59.1 Å². The fourth-order valence-corrected chi connectivity index (χ4v) is 2.32. The molecule has 122 valence electrons. The Labute approximate surface area is 142 Å². The van der Waals surface area contributed by atoms with Gasteiger partial charge in [0.05, 0.1) is 13.7 Å². The van der Waals surface area contributed by atoms with Crippen molar-refractivity contribution in [2.45, 2.75) is 6.54 Å². The molecule has 3 rings (SSSR count). The van der Waals surface area contributed by atoms with E-state index in [4.69, 9.17) is 16.3 Å². The lowest BCUT2D eigenvalue weighted by atomic mass is 10.2. The fourth-order valence-electron chi connectivity index (χ4n) is 2.12. The predicted molar refractivity (Wildman–Crippen MR) is 89.7 cm³/mol. The van der Waals surface area contributed by atoms with Gasteiger partial charge in [0.2, 0.25) is 11.6 Å². The monoisotopic (exact) mass is 343 g/mol. The molecule has 0 saturated heterocycles. The average Bonchev–Trinajstić information content (AvgIpc) is 3.02. The third kappa shape index (κ3) is 3.36. The van der Waals surface area contributed by atoms with Gasteiger partial charge in [0.25, 0.3) is 5.88 Å². The highest BCUT2D eigenvalue weighted by atomic mass is 35.5. The van der Waals surface area contributed by atoms with Crippen molar-refractivity contribution >= 4 is 29.2 Å². The number of ether oxygens (including phenoxy) is 1. The molecule has 0 radical (unpaired) electrons. The van der Waals surface area contributed by atoms with Gasteiger partial charge in [-0.3, -0.25) is 9.20 Å². The predicted octanol–water partition coefficient (Wildman–Crippen LogP) is 2.12. The van der Waals surface area contributed by atoms with Crippen LogP contribution >= 0.6 is 11.6 Å². The van der Waals surface area contributed by atoms with Crippen LogP contribution in [0, 0.1) is 0 Å². The Hall–Kier alpha value is -2.93. The van der Waals surface area contributed by atoms with E-state index in [2.05, 4.69) is 20.5 Å². The normalized spacial score (nSPS) is 11.1. The van der Waals surface area contributed by atoms with Crippen molar-refractivity contribution < 1.29 is 9.53 Å². The van der Waals surface area contributed by atoms with Crippen molar-refractivity contribution in [3.8, 4) is 5.88 Å². The Morgan fingerprint density at radius 1 is 1.38 bits per heavy atom. The van der Waals surface area contributed by atoms with E-state index in [0.717, 1.165) is 5.56 Å². The van der Waals surface area contributed by atoms with Gasteiger partial charge < -0.3 is 10.1 Å². The Morgan fingerprint density at radius 3 is 3.00 bits per heavy atom.